The van der Waals surface area contributed by atoms with Crippen molar-refractivity contribution in [2.45, 2.75) is 31.8 Å². The smallest absolute Gasteiger partial charge is 0.237 e. The second kappa shape index (κ2) is 5.22. The van der Waals surface area contributed by atoms with Gasteiger partial charge in [-0.15, -0.1) is 0 Å². The topological polar surface area (TPSA) is 75.9 Å². The zero-order valence-electron chi connectivity index (χ0n) is 7.60. The fourth-order valence-electron chi connectivity index (χ4n) is 1.66. The molecule has 1 aliphatic rings. The fraction of sp³-hybridized carbons (Fsp3) is 0.667. The molecule has 1 fully saturated rings. The van der Waals surface area contributed by atoms with E-state index in [1.807, 2.05) is 0 Å². The van der Waals surface area contributed by atoms with Crippen LogP contribution in [0.5, 0.6) is 0 Å². The van der Waals surface area contributed by atoms with Crippen molar-refractivity contribution in [3.8, 4) is 0 Å². The van der Waals surface area contributed by atoms with Crippen molar-refractivity contribution >= 4 is 17.9 Å². The van der Waals surface area contributed by atoms with Crippen molar-refractivity contribution in [3.63, 3.8) is 0 Å². The van der Waals surface area contributed by atoms with Gasteiger partial charge in [-0.05, 0) is 12.8 Å². The third-order valence-corrected chi connectivity index (χ3v) is 2.31. The molecule has 14 heavy (non-hydrogen) atoms. The molecule has 0 heterocycles. The van der Waals surface area contributed by atoms with Crippen LogP contribution in [0.3, 0.4) is 0 Å². The number of aliphatic imine (C=N–C) groups is 2. The Labute approximate surface area is 80.9 Å². The van der Waals surface area contributed by atoms with E-state index in [1.54, 1.807) is 0 Å². The second-order valence-corrected chi connectivity index (χ2v) is 3.25. The maximum Gasteiger partial charge on any atom is 0.237 e. The van der Waals surface area contributed by atoms with Gasteiger partial charge in [-0.3, -0.25) is 4.79 Å². The second-order valence-electron chi connectivity index (χ2n) is 3.25. The lowest BCUT2D eigenvalue weighted by Crippen LogP contribution is -2.24. The average molecular weight is 194 g/mol. The number of hydrogen-bond donors (Lipinski definition) is 0. The Bertz CT molecular complexity index is 296. The summed E-state index contributed by atoms with van der Waals surface area (Å²) in [5.41, 5.74) is 0. The van der Waals surface area contributed by atoms with E-state index < -0.39 is 6.17 Å². The number of hydrogen-bond acceptors (Lipinski definition) is 5. The van der Waals surface area contributed by atoms with Crippen molar-refractivity contribution < 1.29 is 14.4 Å². The van der Waals surface area contributed by atoms with Gasteiger partial charge in [0.05, 0.1) is 0 Å². The number of carbonyl (C=O) groups excluding carboxylic acids is 3. The van der Waals surface area contributed by atoms with Gasteiger partial charge in [0.1, 0.15) is 5.78 Å². The van der Waals surface area contributed by atoms with E-state index in [0.29, 0.717) is 12.8 Å². The maximum atomic E-state index is 11.1. The van der Waals surface area contributed by atoms with E-state index in [-0.39, 0.29) is 11.7 Å². The van der Waals surface area contributed by atoms with Gasteiger partial charge in [0.15, 0.2) is 6.17 Å². The molecule has 0 spiro atoms. The molecular formula is C9H10N2O3. The van der Waals surface area contributed by atoms with Crippen molar-refractivity contribution in [3.05, 3.63) is 0 Å². The Morgan fingerprint density at radius 1 is 1.29 bits per heavy atom. The van der Waals surface area contributed by atoms with Crippen molar-refractivity contribution in [2.24, 2.45) is 15.9 Å². The van der Waals surface area contributed by atoms with Crippen molar-refractivity contribution in [1.29, 1.82) is 0 Å². The van der Waals surface area contributed by atoms with Gasteiger partial charge in [0.25, 0.3) is 0 Å². The standard InChI is InChI=1S/C9H10N2O3/c12-5-10-9(11-6-13)7-2-1-3-8(14)4-7/h7,9H,1-4H2. The maximum absolute atomic E-state index is 11.1. The summed E-state index contributed by atoms with van der Waals surface area (Å²) in [6.45, 7) is 0. The number of isocyanates is 2. The minimum atomic E-state index is -0.769. The third-order valence-electron chi connectivity index (χ3n) is 2.31. The summed E-state index contributed by atoms with van der Waals surface area (Å²) >= 11 is 0. The SMILES string of the molecule is O=C=NC(N=C=O)C1CCCC(=O)C1. The molecule has 0 aromatic rings. The summed E-state index contributed by atoms with van der Waals surface area (Å²) < 4.78 is 0. The van der Waals surface area contributed by atoms with Gasteiger partial charge in [-0.1, -0.05) is 0 Å². The normalized spacial score (nSPS) is 23.1. The van der Waals surface area contributed by atoms with Gasteiger partial charge in [-0.2, -0.15) is 9.98 Å². The van der Waals surface area contributed by atoms with Crippen LogP contribution in [0.1, 0.15) is 25.7 Å². The molecule has 1 rings (SSSR count). The molecule has 0 aromatic heterocycles. The summed E-state index contributed by atoms with van der Waals surface area (Å²) in [4.78, 5) is 38.0. The predicted molar refractivity (Wildman–Crippen MR) is 47.0 cm³/mol. The van der Waals surface area contributed by atoms with Gasteiger partial charge in [0.2, 0.25) is 12.2 Å². The molecule has 1 saturated carbocycles. The van der Waals surface area contributed by atoms with Crippen LogP contribution in [0, 0.1) is 5.92 Å². The molecule has 1 atom stereocenters. The minimum absolute atomic E-state index is 0.133. The predicted octanol–water partition coefficient (Wildman–Crippen LogP) is 0.743. The van der Waals surface area contributed by atoms with Crippen molar-refractivity contribution in [2.75, 3.05) is 0 Å². The van der Waals surface area contributed by atoms with E-state index in [0.717, 1.165) is 12.8 Å². The van der Waals surface area contributed by atoms with Crippen LogP contribution in [0.25, 0.3) is 0 Å². The van der Waals surface area contributed by atoms with E-state index >= 15 is 0 Å². The number of carbonyl (C=O) groups is 1. The van der Waals surface area contributed by atoms with Gasteiger partial charge >= 0.3 is 0 Å². The first-order valence-electron chi connectivity index (χ1n) is 4.43. The Kier molecular flexibility index (Phi) is 3.92. The summed E-state index contributed by atoms with van der Waals surface area (Å²) in [5, 5.41) is 0. The summed E-state index contributed by atoms with van der Waals surface area (Å²) in [6, 6.07) is 0. The minimum Gasteiger partial charge on any atom is -0.300 e. The highest BCUT2D eigenvalue weighted by molar-refractivity contribution is 5.79. The Balaban J connectivity index is 2.71. The molecule has 1 aliphatic carbocycles. The molecular weight excluding hydrogens is 184 g/mol. The van der Waals surface area contributed by atoms with E-state index in [4.69, 9.17) is 0 Å². The van der Waals surface area contributed by atoms with E-state index in [9.17, 15) is 14.4 Å². The third kappa shape index (κ3) is 2.73. The van der Waals surface area contributed by atoms with Crippen LogP contribution in [0.4, 0.5) is 0 Å². The highest BCUT2D eigenvalue weighted by Gasteiger charge is 2.26. The summed E-state index contributed by atoms with van der Waals surface area (Å²) in [7, 11) is 0. The lowest BCUT2D eigenvalue weighted by molar-refractivity contribution is -0.121. The zero-order chi connectivity index (χ0) is 10.4. The van der Waals surface area contributed by atoms with Gasteiger partial charge in [-0.25, -0.2) is 9.59 Å². The molecule has 1 unspecified atom stereocenters. The molecule has 0 aromatic carbocycles. The number of rotatable bonds is 3. The summed E-state index contributed by atoms with van der Waals surface area (Å²) in [6.07, 6.45) is 4.37. The molecule has 0 bridgehead atoms. The summed E-state index contributed by atoms with van der Waals surface area (Å²) in [5.74, 6) is -0.00685. The Hall–Kier alpha value is -1.57. The van der Waals surface area contributed by atoms with Crippen LogP contribution in [0.2, 0.25) is 0 Å². The monoisotopic (exact) mass is 194 g/mol. The Morgan fingerprint density at radius 3 is 2.43 bits per heavy atom. The van der Waals surface area contributed by atoms with Gasteiger partial charge < -0.3 is 0 Å². The van der Waals surface area contributed by atoms with Crippen LogP contribution < -0.4 is 0 Å². The molecule has 5 nitrogen and oxygen atoms in total. The number of Topliss-reactive ketones (excluding diaryl/α,β-unsaturated/α-hetero) is 1. The molecule has 0 N–H and O–H groups in total. The molecule has 0 aliphatic heterocycles. The molecule has 0 amide bonds. The average Bonchev–Trinajstić information content (AvgIpc) is 2.17. The quantitative estimate of drug-likeness (QED) is 0.491. The van der Waals surface area contributed by atoms with Crippen LogP contribution in [-0.2, 0) is 14.4 Å². The van der Waals surface area contributed by atoms with Crippen LogP contribution >= 0.6 is 0 Å². The zero-order valence-corrected chi connectivity index (χ0v) is 7.60. The van der Waals surface area contributed by atoms with E-state index in [2.05, 4.69) is 9.98 Å². The lowest BCUT2D eigenvalue weighted by Gasteiger charge is -2.21. The van der Waals surface area contributed by atoms with Crippen molar-refractivity contribution in [1.82, 2.24) is 0 Å². The first kappa shape index (κ1) is 10.5. The molecule has 74 valence electrons. The van der Waals surface area contributed by atoms with Gasteiger partial charge in [0, 0.05) is 18.8 Å². The highest BCUT2D eigenvalue weighted by Crippen LogP contribution is 2.26. The highest BCUT2D eigenvalue weighted by atomic mass is 16.1. The largest absolute Gasteiger partial charge is 0.300 e. The molecule has 0 saturated heterocycles. The fourth-order valence-corrected chi connectivity index (χ4v) is 1.66. The first-order valence-corrected chi connectivity index (χ1v) is 4.43. The van der Waals surface area contributed by atoms with Crippen LogP contribution in [-0.4, -0.2) is 24.1 Å². The van der Waals surface area contributed by atoms with Crippen LogP contribution in [0.15, 0.2) is 9.98 Å². The molecule has 0 radical (unpaired) electrons. The molecule has 5 heteroatoms. The van der Waals surface area contributed by atoms with E-state index in [1.165, 1.54) is 12.2 Å². The number of nitrogens with zero attached hydrogens (tertiary/aromatic N) is 2. The first-order chi connectivity index (χ1) is 6.77. The Morgan fingerprint density at radius 2 is 1.93 bits per heavy atom. The number of ketones is 1. The lowest BCUT2D eigenvalue weighted by atomic mass is 9.86.